The molecular formula is C17H13FN4OS2. The molecule has 0 aliphatic heterocycles. The maximum absolute atomic E-state index is 13.2. The number of halogens is 1. The van der Waals surface area contributed by atoms with Crippen molar-refractivity contribution in [1.82, 2.24) is 10.2 Å². The Morgan fingerprint density at radius 3 is 2.92 bits per heavy atom. The number of nitriles is 1. The van der Waals surface area contributed by atoms with Gasteiger partial charge in [-0.15, -0.1) is 10.2 Å². The van der Waals surface area contributed by atoms with Crippen LogP contribution in [0.1, 0.15) is 5.56 Å². The van der Waals surface area contributed by atoms with E-state index in [9.17, 15) is 4.39 Å². The van der Waals surface area contributed by atoms with Gasteiger partial charge in [0.05, 0.1) is 18.2 Å². The Balaban J connectivity index is 1.46. The van der Waals surface area contributed by atoms with Crippen molar-refractivity contribution in [2.24, 2.45) is 0 Å². The van der Waals surface area contributed by atoms with E-state index >= 15 is 0 Å². The van der Waals surface area contributed by atoms with E-state index in [1.54, 1.807) is 30.3 Å². The van der Waals surface area contributed by atoms with Crippen LogP contribution >= 0.6 is 23.1 Å². The van der Waals surface area contributed by atoms with E-state index < -0.39 is 0 Å². The second-order valence-electron chi connectivity index (χ2n) is 4.85. The van der Waals surface area contributed by atoms with Crippen molar-refractivity contribution < 1.29 is 9.13 Å². The van der Waals surface area contributed by atoms with Crippen LogP contribution < -0.4 is 10.1 Å². The van der Waals surface area contributed by atoms with Crippen molar-refractivity contribution in [3.05, 3.63) is 59.9 Å². The molecule has 0 spiro atoms. The summed E-state index contributed by atoms with van der Waals surface area (Å²) in [5.41, 5.74) is 1.20. The number of ether oxygens (including phenoxy) is 1. The van der Waals surface area contributed by atoms with Crippen molar-refractivity contribution in [2.45, 2.75) is 4.34 Å². The molecule has 1 aromatic heterocycles. The number of nitrogens with one attached hydrogen (secondary N) is 1. The number of aromatic nitrogens is 2. The lowest BCUT2D eigenvalue weighted by atomic mass is 10.2. The number of anilines is 2. The molecule has 2 aromatic carbocycles. The summed E-state index contributed by atoms with van der Waals surface area (Å²) in [7, 11) is 0. The molecule has 8 heteroatoms. The van der Waals surface area contributed by atoms with Crippen LogP contribution in [-0.4, -0.2) is 22.6 Å². The SMILES string of the molecule is N#Cc1cccc(OCCSc2nnc(Nc3cccc(F)c3)s2)c1. The van der Waals surface area contributed by atoms with E-state index in [0.717, 1.165) is 4.34 Å². The molecule has 0 fully saturated rings. The number of rotatable bonds is 7. The normalized spacial score (nSPS) is 10.2. The maximum atomic E-state index is 13.2. The molecule has 0 atom stereocenters. The summed E-state index contributed by atoms with van der Waals surface area (Å²) in [6.45, 7) is 0.492. The van der Waals surface area contributed by atoms with Crippen LogP contribution in [-0.2, 0) is 0 Å². The minimum absolute atomic E-state index is 0.304. The van der Waals surface area contributed by atoms with Gasteiger partial charge in [0.1, 0.15) is 11.6 Å². The third-order valence-corrected chi connectivity index (χ3v) is 4.96. The van der Waals surface area contributed by atoms with E-state index in [-0.39, 0.29) is 5.82 Å². The Morgan fingerprint density at radius 2 is 2.08 bits per heavy atom. The second-order valence-corrected chi connectivity index (χ2v) is 7.16. The maximum Gasteiger partial charge on any atom is 0.210 e. The average Bonchev–Trinajstić information content (AvgIpc) is 3.06. The number of thioether (sulfide) groups is 1. The summed E-state index contributed by atoms with van der Waals surface area (Å²) < 4.78 is 19.6. The Bertz CT molecular complexity index is 894. The van der Waals surface area contributed by atoms with Gasteiger partial charge in [-0.25, -0.2) is 4.39 Å². The first kappa shape index (κ1) is 17.2. The summed E-state index contributed by atoms with van der Waals surface area (Å²) in [4.78, 5) is 0. The zero-order chi connectivity index (χ0) is 17.5. The summed E-state index contributed by atoms with van der Waals surface area (Å²) in [6, 6.07) is 15.3. The van der Waals surface area contributed by atoms with Crippen LogP contribution in [0.2, 0.25) is 0 Å². The van der Waals surface area contributed by atoms with E-state index in [0.29, 0.717) is 34.5 Å². The second kappa shape index (κ2) is 8.46. The molecule has 1 N–H and O–H groups in total. The van der Waals surface area contributed by atoms with Gasteiger partial charge in [0, 0.05) is 11.4 Å². The predicted molar refractivity (Wildman–Crippen MR) is 97.0 cm³/mol. The molecule has 0 bridgehead atoms. The molecule has 0 radical (unpaired) electrons. The lowest BCUT2D eigenvalue weighted by molar-refractivity contribution is 0.344. The third-order valence-electron chi connectivity index (χ3n) is 3.02. The standard InChI is InChI=1S/C17H13FN4OS2/c18-13-4-2-5-14(10-13)20-16-21-22-17(25-16)24-8-7-23-15-6-1-3-12(9-15)11-19/h1-6,9-10H,7-8H2,(H,20,21). The highest BCUT2D eigenvalue weighted by Crippen LogP contribution is 2.27. The van der Waals surface area contributed by atoms with Gasteiger partial charge in [0.15, 0.2) is 4.34 Å². The van der Waals surface area contributed by atoms with E-state index in [1.807, 2.05) is 6.07 Å². The highest BCUT2D eigenvalue weighted by molar-refractivity contribution is 8.01. The third kappa shape index (κ3) is 5.17. The minimum atomic E-state index is -0.304. The van der Waals surface area contributed by atoms with Gasteiger partial charge in [-0.1, -0.05) is 35.2 Å². The molecule has 126 valence electrons. The number of nitrogens with zero attached hydrogens (tertiary/aromatic N) is 3. The van der Waals surface area contributed by atoms with E-state index in [4.69, 9.17) is 10.00 Å². The molecule has 5 nitrogen and oxygen atoms in total. The average molecular weight is 372 g/mol. The first-order valence-electron chi connectivity index (χ1n) is 7.35. The molecule has 0 unspecified atom stereocenters. The summed E-state index contributed by atoms with van der Waals surface area (Å²) in [6.07, 6.45) is 0. The molecule has 0 saturated heterocycles. The molecule has 0 saturated carbocycles. The van der Waals surface area contributed by atoms with E-state index in [2.05, 4.69) is 21.6 Å². The first-order chi connectivity index (χ1) is 12.2. The Morgan fingerprint density at radius 1 is 1.20 bits per heavy atom. The van der Waals surface area contributed by atoms with Crippen molar-refractivity contribution in [3.63, 3.8) is 0 Å². The lowest BCUT2D eigenvalue weighted by Crippen LogP contribution is -2.00. The van der Waals surface area contributed by atoms with Gasteiger partial charge in [-0.2, -0.15) is 5.26 Å². The largest absolute Gasteiger partial charge is 0.493 e. The summed E-state index contributed by atoms with van der Waals surface area (Å²) in [5.74, 6) is 1.07. The van der Waals surface area contributed by atoms with Crippen LogP contribution in [0.4, 0.5) is 15.2 Å². The highest BCUT2D eigenvalue weighted by atomic mass is 32.2. The minimum Gasteiger partial charge on any atom is -0.493 e. The lowest BCUT2D eigenvalue weighted by Gasteiger charge is -2.04. The van der Waals surface area contributed by atoms with Crippen molar-refractivity contribution in [2.75, 3.05) is 17.7 Å². The number of hydrogen-bond donors (Lipinski definition) is 1. The molecule has 0 amide bonds. The quantitative estimate of drug-likeness (QED) is 0.488. The van der Waals surface area contributed by atoms with Crippen LogP contribution in [0, 0.1) is 17.1 Å². The fourth-order valence-electron chi connectivity index (χ4n) is 1.95. The monoisotopic (exact) mass is 372 g/mol. The van der Waals surface area contributed by atoms with Gasteiger partial charge in [-0.05, 0) is 36.4 Å². The Hall–Kier alpha value is -2.63. The summed E-state index contributed by atoms with van der Waals surface area (Å²) >= 11 is 2.92. The molecule has 3 aromatic rings. The molecule has 0 aliphatic rings. The Labute approximate surface area is 152 Å². The molecule has 1 heterocycles. The van der Waals surface area contributed by atoms with E-state index in [1.165, 1.54) is 35.2 Å². The van der Waals surface area contributed by atoms with Crippen molar-refractivity contribution in [1.29, 1.82) is 5.26 Å². The predicted octanol–water partition coefficient (Wildman–Crippen LogP) is 4.46. The van der Waals surface area contributed by atoms with Gasteiger partial charge >= 0.3 is 0 Å². The Kier molecular flexibility index (Phi) is 5.82. The number of benzene rings is 2. The molecular weight excluding hydrogens is 359 g/mol. The van der Waals surface area contributed by atoms with Crippen LogP contribution in [0.15, 0.2) is 52.9 Å². The first-order valence-corrected chi connectivity index (χ1v) is 9.15. The van der Waals surface area contributed by atoms with Gasteiger partial charge < -0.3 is 10.1 Å². The topological polar surface area (TPSA) is 70.8 Å². The zero-order valence-corrected chi connectivity index (χ0v) is 14.6. The van der Waals surface area contributed by atoms with Crippen molar-refractivity contribution >= 4 is 33.9 Å². The van der Waals surface area contributed by atoms with Gasteiger partial charge in [0.25, 0.3) is 0 Å². The van der Waals surface area contributed by atoms with Gasteiger partial charge in [0.2, 0.25) is 5.13 Å². The van der Waals surface area contributed by atoms with Crippen LogP contribution in [0.25, 0.3) is 0 Å². The smallest absolute Gasteiger partial charge is 0.210 e. The van der Waals surface area contributed by atoms with Gasteiger partial charge in [-0.3, -0.25) is 0 Å². The van der Waals surface area contributed by atoms with Crippen LogP contribution in [0.3, 0.4) is 0 Å². The number of hydrogen-bond acceptors (Lipinski definition) is 7. The fraction of sp³-hybridized carbons (Fsp3) is 0.118. The highest BCUT2D eigenvalue weighted by Gasteiger charge is 2.06. The zero-order valence-electron chi connectivity index (χ0n) is 13.0. The summed E-state index contributed by atoms with van der Waals surface area (Å²) in [5, 5.41) is 20.6. The van der Waals surface area contributed by atoms with Crippen LogP contribution in [0.5, 0.6) is 5.75 Å². The molecule has 3 rings (SSSR count). The fourth-order valence-corrected chi connectivity index (χ4v) is 3.61. The van der Waals surface area contributed by atoms with Crippen molar-refractivity contribution in [3.8, 4) is 11.8 Å². The molecule has 25 heavy (non-hydrogen) atoms. The molecule has 0 aliphatic carbocycles.